The third-order valence-electron chi connectivity index (χ3n) is 3.51. The molecule has 0 atom stereocenters. The Morgan fingerprint density at radius 2 is 2.05 bits per heavy atom. The summed E-state index contributed by atoms with van der Waals surface area (Å²) in [5.41, 5.74) is 3.07. The average Bonchev–Trinajstić information content (AvgIpc) is 3.26. The molecule has 0 unspecified atom stereocenters. The minimum Gasteiger partial charge on any atom is -0.370 e. The van der Waals surface area contributed by atoms with Crippen molar-refractivity contribution in [3.8, 4) is 11.3 Å². The fraction of sp³-hybridized carbons (Fsp3) is 0.375. The van der Waals surface area contributed by atoms with Crippen LogP contribution in [0.3, 0.4) is 0 Å². The fourth-order valence-corrected chi connectivity index (χ4v) is 2.34. The van der Waals surface area contributed by atoms with Crippen LogP contribution in [0.5, 0.6) is 0 Å². The van der Waals surface area contributed by atoms with Crippen LogP contribution in [0, 0.1) is 6.92 Å². The highest BCUT2D eigenvalue weighted by Crippen LogP contribution is 2.39. The molecule has 104 valence electrons. The van der Waals surface area contributed by atoms with Crippen LogP contribution in [-0.2, 0) is 0 Å². The summed E-state index contributed by atoms with van der Waals surface area (Å²) in [5.74, 6) is 2.39. The van der Waals surface area contributed by atoms with E-state index in [1.807, 2.05) is 25.1 Å². The number of benzene rings is 1. The van der Waals surface area contributed by atoms with Gasteiger partial charge in [0.2, 0.25) is 0 Å². The summed E-state index contributed by atoms with van der Waals surface area (Å²) >= 11 is 6.22. The maximum Gasteiger partial charge on any atom is 0.134 e. The highest BCUT2D eigenvalue weighted by molar-refractivity contribution is 6.31. The van der Waals surface area contributed by atoms with E-state index < -0.39 is 0 Å². The summed E-state index contributed by atoms with van der Waals surface area (Å²) in [5, 5.41) is 4.06. The Morgan fingerprint density at radius 1 is 1.25 bits per heavy atom. The Bertz CT molecular complexity index is 636. The van der Waals surface area contributed by atoms with E-state index in [-0.39, 0.29) is 0 Å². The Labute approximate surface area is 124 Å². The first kappa shape index (κ1) is 13.4. The van der Waals surface area contributed by atoms with Gasteiger partial charge in [0.1, 0.15) is 11.6 Å². The predicted molar refractivity (Wildman–Crippen MR) is 83.4 cm³/mol. The van der Waals surface area contributed by atoms with Crippen molar-refractivity contribution in [3.05, 3.63) is 40.7 Å². The first-order valence-electron chi connectivity index (χ1n) is 7.06. The molecule has 0 radical (unpaired) electrons. The minimum atomic E-state index is 0.535. The molecule has 0 saturated heterocycles. The normalized spacial score (nSPS) is 14.3. The molecule has 0 aliphatic heterocycles. The molecule has 2 aromatic rings. The highest BCUT2D eigenvalue weighted by Gasteiger charge is 2.27. The number of rotatable bonds is 4. The lowest BCUT2D eigenvalue weighted by molar-refractivity contribution is 0.927. The summed E-state index contributed by atoms with van der Waals surface area (Å²) in [7, 11) is 0. The molecule has 1 saturated carbocycles. The second-order valence-corrected chi connectivity index (χ2v) is 5.67. The fourth-order valence-electron chi connectivity index (χ4n) is 2.16. The van der Waals surface area contributed by atoms with Crippen molar-refractivity contribution in [2.75, 3.05) is 11.9 Å². The molecular weight excluding hydrogens is 270 g/mol. The lowest BCUT2D eigenvalue weighted by Crippen LogP contribution is -2.04. The van der Waals surface area contributed by atoms with Crippen LogP contribution in [0.15, 0.2) is 24.3 Å². The molecule has 0 amide bonds. The van der Waals surface area contributed by atoms with Crippen molar-refractivity contribution in [2.45, 2.75) is 32.6 Å². The van der Waals surface area contributed by atoms with Crippen LogP contribution < -0.4 is 5.32 Å². The smallest absolute Gasteiger partial charge is 0.134 e. The monoisotopic (exact) mass is 287 g/mol. The number of nitrogens with one attached hydrogen (secondary N) is 1. The Kier molecular flexibility index (Phi) is 3.62. The van der Waals surface area contributed by atoms with E-state index in [0.29, 0.717) is 5.92 Å². The number of anilines is 1. The van der Waals surface area contributed by atoms with Gasteiger partial charge in [0.05, 0.1) is 5.69 Å². The Hall–Kier alpha value is -1.61. The van der Waals surface area contributed by atoms with Crippen molar-refractivity contribution < 1.29 is 0 Å². The van der Waals surface area contributed by atoms with Crippen molar-refractivity contribution >= 4 is 17.4 Å². The van der Waals surface area contributed by atoms with Gasteiger partial charge in [-0.05, 0) is 38.3 Å². The topological polar surface area (TPSA) is 37.8 Å². The number of aryl methyl sites for hydroxylation is 1. The number of aromatic nitrogens is 2. The maximum atomic E-state index is 6.22. The molecule has 1 aromatic carbocycles. The van der Waals surface area contributed by atoms with E-state index in [1.165, 1.54) is 12.8 Å². The SMILES string of the molecule is CCNc1cc(-c2ccc(C)c(Cl)c2)nc(C2CC2)n1. The van der Waals surface area contributed by atoms with E-state index in [4.69, 9.17) is 16.6 Å². The first-order chi connectivity index (χ1) is 9.67. The van der Waals surface area contributed by atoms with Gasteiger partial charge < -0.3 is 5.32 Å². The lowest BCUT2D eigenvalue weighted by atomic mass is 10.1. The molecule has 1 N–H and O–H groups in total. The quantitative estimate of drug-likeness (QED) is 0.905. The van der Waals surface area contributed by atoms with Crippen LogP contribution in [0.4, 0.5) is 5.82 Å². The third-order valence-corrected chi connectivity index (χ3v) is 3.92. The predicted octanol–water partition coefficient (Wildman–Crippen LogP) is 4.41. The summed E-state index contributed by atoms with van der Waals surface area (Å²) in [4.78, 5) is 9.30. The number of hydrogen-bond acceptors (Lipinski definition) is 3. The van der Waals surface area contributed by atoms with E-state index >= 15 is 0 Å². The molecule has 20 heavy (non-hydrogen) atoms. The zero-order valence-electron chi connectivity index (χ0n) is 11.8. The molecule has 0 spiro atoms. The van der Waals surface area contributed by atoms with Gasteiger partial charge in [-0.25, -0.2) is 9.97 Å². The van der Waals surface area contributed by atoms with Crippen LogP contribution in [0.1, 0.15) is 37.1 Å². The molecule has 0 bridgehead atoms. The van der Waals surface area contributed by atoms with Gasteiger partial charge in [0.25, 0.3) is 0 Å². The molecule has 3 rings (SSSR count). The molecule has 1 aromatic heterocycles. The average molecular weight is 288 g/mol. The summed E-state index contributed by atoms with van der Waals surface area (Å²) < 4.78 is 0. The first-order valence-corrected chi connectivity index (χ1v) is 7.44. The van der Waals surface area contributed by atoms with Crippen molar-refractivity contribution in [3.63, 3.8) is 0 Å². The van der Waals surface area contributed by atoms with Crippen molar-refractivity contribution in [1.29, 1.82) is 0 Å². The van der Waals surface area contributed by atoms with Gasteiger partial charge in [-0.3, -0.25) is 0 Å². The molecule has 1 fully saturated rings. The van der Waals surface area contributed by atoms with Gasteiger partial charge in [-0.2, -0.15) is 0 Å². The van der Waals surface area contributed by atoms with Crippen LogP contribution in [0.2, 0.25) is 5.02 Å². The molecule has 1 aliphatic rings. The van der Waals surface area contributed by atoms with Crippen LogP contribution >= 0.6 is 11.6 Å². The van der Waals surface area contributed by atoms with Gasteiger partial charge in [-0.1, -0.05) is 23.7 Å². The second-order valence-electron chi connectivity index (χ2n) is 5.27. The summed E-state index contributed by atoms with van der Waals surface area (Å²) in [6.45, 7) is 4.93. The maximum absolute atomic E-state index is 6.22. The summed E-state index contributed by atoms with van der Waals surface area (Å²) in [6.07, 6.45) is 2.40. The lowest BCUT2D eigenvalue weighted by Gasteiger charge is -2.09. The van der Waals surface area contributed by atoms with Crippen LogP contribution in [0.25, 0.3) is 11.3 Å². The zero-order chi connectivity index (χ0) is 14.1. The molecule has 3 nitrogen and oxygen atoms in total. The standard InChI is InChI=1S/C16H18ClN3/c1-3-18-15-9-14(19-16(20-15)11-6-7-11)12-5-4-10(2)13(17)8-12/h4-5,8-9,11H,3,6-7H2,1-2H3,(H,18,19,20). The van der Waals surface area contributed by atoms with Gasteiger partial charge >= 0.3 is 0 Å². The van der Waals surface area contributed by atoms with Gasteiger partial charge in [0.15, 0.2) is 0 Å². The van der Waals surface area contributed by atoms with Crippen molar-refractivity contribution in [1.82, 2.24) is 9.97 Å². The van der Waals surface area contributed by atoms with E-state index in [9.17, 15) is 0 Å². The van der Waals surface area contributed by atoms with Gasteiger partial charge in [0, 0.05) is 29.1 Å². The Balaban J connectivity index is 2.04. The molecule has 4 heteroatoms. The minimum absolute atomic E-state index is 0.535. The van der Waals surface area contributed by atoms with Crippen molar-refractivity contribution in [2.24, 2.45) is 0 Å². The highest BCUT2D eigenvalue weighted by atomic mass is 35.5. The van der Waals surface area contributed by atoms with Gasteiger partial charge in [-0.15, -0.1) is 0 Å². The number of nitrogens with zero attached hydrogens (tertiary/aromatic N) is 2. The van der Waals surface area contributed by atoms with Crippen LogP contribution in [-0.4, -0.2) is 16.5 Å². The largest absolute Gasteiger partial charge is 0.370 e. The van der Waals surface area contributed by atoms with E-state index in [1.54, 1.807) is 0 Å². The second kappa shape index (κ2) is 5.41. The van der Waals surface area contributed by atoms with E-state index in [0.717, 1.165) is 40.0 Å². The zero-order valence-corrected chi connectivity index (χ0v) is 12.5. The Morgan fingerprint density at radius 3 is 2.70 bits per heavy atom. The van der Waals surface area contributed by atoms with E-state index in [2.05, 4.69) is 23.3 Å². The molecule has 1 heterocycles. The molecular formula is C16H18ClN3. The molecule has 1 aliphatic carbocycles. The summed E-state index contributed by atoms with van der Waals surface area (Å²) in [6, 6.07) is 8.07. The third kappa shape index (κ3) is 2.78. The number of hydrogen-bond donors (Lipinski definition) is 1. The number of halogens is 1.